The van der Waals surface area contributed by atoms with Gasteiger partial charge in [-0.15, -0.1) is 0 Å². The van der Waals surface area contributed by atoms with Gasteiger partial charge in [-0.25, -0.2) is 22.6 Å². The van der Waals surface area contributed by atoms with Gasteiger partial charge < -0.3 is 20.7 Å². The molecule has 242 valence electrons. The minimum absolute atomic E-state index is 0.0846. The normalized spacial score (nSPS) is 17.7. The number of benzene rings is 3. The third kappa shape index (κ3) is 6.34. The van der Waals surface area contributed by atoms with Gasteiger partial charge in [0.05, 0.1) is 22.4 Å². The van der Waals surface area contributed by atoms with Crippen molar-refractivity contribution in [3.8, 4) is 0 Å². The number of hydrogen-bond donors (Lipinski definition) is 3. The van der Waals surface area contributed by atoms with Gasteiger partial charge in [0.2, 0.25) is 5.91 Å². The van der Waals surface area contributed by atoms with Crippen molar-refractivity contribution in [2.24, 2.45) is 0 Å². The lowest BCUT2D eigenvalue weighted by Gasteiger charge is -2.28. The number of nitrogens with one attached hydrogen (secondary N) is 2. The number of sulfone groups is 1. The highest BCUT2D eigenvalue weighted by atomic mass is 32.2. The van der Waals surface area contributed by atoms with Crippen molar-refractivity contribution < 1.29 is 27.1 Å². The van der Waals surface area contributed by atoms with Gasteiger partial charge in [-0.1, -0.05) is 25.1 Å². The molecule has 4 aromatic rings. The number of carbonyl (C=O) groups is 2. The fourth-order valence-corrected chi connectivity index (χ4v) is 7.35. The van der Waals surface area contributed by atoms with E-state index in [1.54, 1.807) is 58.2 Å². The van der Waals surface area contributed by atoms with Crippen molar-refractivity contribution in [2.45, 2.75) is 63.3 Å². The average molecular weight is 648 g/mol. The lowest BCUT2D eigenvalue weighted by molar-refractivity contribution is -0.131. The fourth-order valence-electron chi connectivity index (χ4n) is 5.88. The minimum atomic E-state index is -3.78. The summed E-state index contributed by atoms with van der Waals surface area (Å²) < 4.78 is 48.1. The minimum Gasteiger partial charge on any atom is -0.449 e. The van der Waals surface area contributed by atoms with E-state index in [0.717, 1.165) is 11.1 Å². The highest BCUT2D eigenvalue weighted by molar-refractivity contribution is 7.92. The summed E-state index contributed by atoms with van der Waals surface area (Å²) in [5.41, 5.74) is 9.48. The summed E-state index contributed by atoms with van der Waals surface area (Å²) >= 11 is 0. The number of aryl methyl sites for hydroxylation is 2. The number of ether oxygens (including phenoxy) is 1. The van der Waals surface area contributed by atoms with Gasteiger partial charge in [0, 0.05) is 36.8 Å². The van der Waals surface area contributed by atoms with Crippen molar-refractivity contribution in [3.63, 3.8) is 0 Å². The van der Waals surface area contributed by atoms with Gasteiger partial charge in [0.1, 0.15) is 17.7 Å². The third-order valence-electron chi connectivity index (χ3n) is 8.34. The van der Waals surface area contributed by atoms with E-state index in [0.29, 0.717) is 33.2 Å². The van der Waals surface area contributed by atoms with E-state index in [1.165, 1.54) is 17.2 Å². The number of halogens is 1. The van der Waals surface area contributed by atoms with Crippen LogP contribution < -0.4 is 16.4 Å². The van der Waals surface area contributed by atoms with Crippen LogP contribution in [0.5, 0.6) is 0 Å². The number of anilines is 3. The molecule has 4 bridgehead atoms. The van der Waals surface area contributed by atoms with E-state index in [9.17, 15) is 18.0 Å². The van der Waals surface area contributed by atoms with Crippen molar-refractivity contribution in [2.75, 3.05) is 30.0 Å². The summed E-state index contributed by atoms with van der Waals surface area (Å²) in [6.45, 7) is 8.62. The molecule has 2 atom stereocenters. The number of likely N-dealkylation sites (N-methyl/N-ethyl adjacent to an activating group) is 1. The largest absolute Gasteiger partial charge is 0.449 e. The number of rotatable bonds is 4. The molecule has 0 aliphatic carbocycles. The number of amides is 2. The number of carbonyl (C=O) groups excluding carboxylic acids is 2. The van der Waals surface area contributed by atoms with Crippen LogP contribution >= 0.6 is 0 Å². The molecule has 0 radical (unpaired) electrons. The van der Waals surface area contributed by atoms with Gasteiger partial charge in [-0.2, -0.15) is 0 Å². The quantitative estimate of drug-likeness (QED) is 0.237. The molecule has 10 nitrogen and oxygen atoms in total. The second-order valence-electron chi connectivity index (χ2n) is 12.1. The molecule has 12 heteroatoms. The Kier molecular flexibility index (Phi) is 8.94. The summed E-state index contributed by atoms with van der Waals surface area (Å²) in [5, 5.41) is 6.18. The number of nitrogen functional groups attached to an aromatic ring is 1. The Hall–Kier alpha value is -4.71. The van der Waals surface area contributed by atoms with Crippen LogP contribution in [0.4, 0.5) is 26.4 Å². The Morgan fingerprint density at radius 1 is 1.09 bits per heavy atom. The highest BCUT2D eigenvalue weighted by Crippen LogP contribution is 2.33. The lowest BCUT2D eigenvalue weighted by atomic mass is 9.93. The molecular weight excluding hydrogens is 609 g/mol. The summed E-state index contributed by atoms with van der Waals surface area (Å²) in [5.74, 6) is -1.03. The van der Waals surface area contributed by atoms with E-state index >= 15 is 4.39 Å². The van der Waals surface area contributed by atoms with Crippen LogP contribution in [0.2, 0.25) is 0 Å². The van der Waals surface area contributed by atoms with Crippen LogP contribution in [0.25, 0.3) is 10.8 Å². The molecule has 2 aliphatic rings. The van der Waals surface area contributed by atoms with Gasteiger partial charge in [0.25, 0.3) is 0 Å². The van der Waals surface area contributed by atoms with E-state index < -0.39 is 38.9 Å². The Balaban J connectivity index is 1.65. The van der Waals surface area contributed by atoms with Crippen LogP contribution in [0.3, 0.4) is 0 Å². The highest BCUT2D eigenvalue weighted by Gasteiger charge is 2.30. The van der Waals surface area contributed by atoms with Gasteiger partial charge in [-0.3, -0.25) is 10.1 Å². The van der Waals surface area contributed by atoms with Gasteiger partial charge in [-0.05, 0) is 91.2 Å². The molecule has 0 saturated heterocycles. The van der Waals surface area contributed by atoms with E-state index in [2.05, 4.69) is 15.6 Å². The van der Waals surface area contributed by atoms with Gasteiger partial charge in [0.15, 0.2) is 9.84 Å². The van der Waals surface area contributed by atoms with Crippen LogP contribution in [0.15, 0.2) is 59.6 Å². The summed E-state index contributed by atoms with van der Waals surface area (Å²) in [7, 11) is -2.23. The first-order valence-electron chi connectivity index (χ1n) is 14.9. The molecule has 1 aromatic heterocycles. The molecule has 6 rings (SSSR count). The number of nitrogens with two attached hydrogens (primary N) is 1. The molecule has 2 amide bonds. The Morgan fingerprint density at radius 2 is 1.83 bits per heavy atom. The van der Waals surface area contributed by atoms with E-state index in [1.807, 2.05) is 26.0 Å². The summed E-state index contributed by atoms with van der Waals surface area (Å²) in [4.78, 5) is 32.6. The van der Waals surface area contributed by atoms with Crippen LogP contribution in [0.1, 0.15) is 60.5 Å². The molecule has 2 aliphatic heterocycles. The molecule has 0 fully saturated rings. The smallest absolute Gasteiger partial charge is 0.411 e. The number of pyridine rings is 1. The second kappa shape index (κ2) is 12.6. The molecule has 0 spiro atoms. The first-order chi connectivity index (χ1) is 21.7. The number of hydrogen-bond acceptors (Lipinski definition) is 8. The van der Waals surface area contributed by atoms with Crippen LogP contribution in [-0.2, 0) is 25.9 Å². The first-order valence-corrected chi connectivity index (χ1v) is 16.5. The zero-order valence-electron chi connectivity index (χ0n) is 26.6. The van der Waals surface area contributed by atoms with Crippen molar-refractivity contribution >= 4 is 49.8 Å². The fraction of sp³-hybridized carbons (Fsp3) is 0.324. The van der Waals surface area contributed by atoms with E-state index in [4.69, 9.17) is 10.5 Å². The Morgan fingerprint density at radius 3 is 2.52 bits per heavy atom. The molecule has 0 unspecified atom stereocenters. The standard InChI is InChI=1S/C34H38FN5O5S/c1-18(2)46(43,44)31-20(4)12-25-13-24(31)16-40(6)33(41)30(39-29-14-22-9-10-37-32(36)27(22)15-28(29)35)23-7-8-26(19(3)11-23)21(5)17-45-34(42)38-25/h7-15,18,21,30,39H,16-17H2,1-6H3,(H2,36,37)(H,38,42)/t21-,30+/m0/s1. The molecule has 46 heavy (non-hydrogen) atoms. The zero-order chi connectivity index (χ0) is 33.5. The maximum atomic E-state index is 15.5. The zero-order valence-corrected chi connectivity index (χ0v) is 27.5. The molecule has 3 heterocycles. The summed E-state index contributed by atoms with van der Waals surface area (Å²) in [6, 6.07) is 12.1. The maximum absolute atomic E-state index is 15.5. The number of fused-ring (bicyclic) bond motifs is 10. The Bertz CT molecular complexity index is 1960. The lowest BCUT2D eigenvalue weighted by Crippen LogP contribution is -2.36. The monoisotopic (exact) mass is 647 g/mol. The third-order valence-corrected chi connectivity index (χ3v) is 10.7. The predicted octanol–water partition coefficient (Wildman–Crippen LogP) is 6.23. The van der Waals surface area contributed by atoms with Crippen LogP contribution in [0, 0.1) is 19.7 Å². The number of nitrogens with zero attached hydrogens (tertiary/aromatic N) is 2. The summed E-state index contributed by atoms with van der Waals surface area (Å²) in [6.07, 6.45) is 0.848. The predicted molar refractivity (Wildman–Crippen MR) is 177 cm³/mol. The number of aromatic nitrogens is 1. The SMILES string of the molecule is Cc1cc2ccc1[C@@H](C)COC(=O)Nc1cc(C)c(S(=O)(=O)C(C)C)c(c1)CN(C)C(=O)[C@@H]2Nc1cc2ccnc(N)c2cc1F. The molecule has 4 N–H and O–H groups in total. The average Bonchev–Trinajstić information content (AvgIpc) is 2.98. The molecular formula is C34H38FN5O5S. The first kappa shape index (κ1) is 32.7. The van der Waals surface area contributed by atoms with Crippen molar-refractivity contribution in [3.05, 3.63) is 88.4 Å². The van der Waals surface area contributed by atoms with Crippen molar-refractivity contribution in [1.82, 2.24) is 9.88 Å². The van der Waals surface area contributed by atoms with Crippen molar-refractivity contribution in [1.29, 1.82) is 0 Å². The van der Waals surface area contributed by atoms with Crippen LogP contribution in [-0.4, -0.2) is 49.2 Å². The van der Waals surface area contributed by atoms with E-state index in [-0.39, 0.29) is 35.5 Å². The molecule has 0 saturated carbocycles. The molecule has 3 aromatic carbocycles. The van der Waals surface area contributed by atoms with Gasteiger partial charge >= 0.3 is 6.09 Å². The topological polar surface area (TPSA) is 144 Å². The maximum Gasteiger partial charge on any atom is 0.411 e. The second-order valence-corrected chi connectivity index (χ2v) is 14.6. The Labute approximate surface area is 268 Å².